The van der Waals surface area contributed by atoms with Crippen LogP contribution in [-0.4, -0.2) is 35.8 Å². The Hall–Kier alpha value is -3.49. The van der Waals surface area contributed by atoms with E-state index >= 15 is 0 Å². The van der Waals surface area contributed by atoms with Gasteiger partial charge in [-0.1, -0.05) is 18.2 Å². The first-order valence-corrected chi connectivity index (χ1v) is 9.60. The highest BCUT2D eigenvalue weighted by Gasteiger charge is 2.34. The molecule has 0 radical (unpaired) electrons. The van der Waals surface area contributed by atoms with Gasteiger partial charge in [-0.3, -0.25) is 9.36 Å². The largest absolute Gasteiger partial charge is 0.506 e. The van der Waals surface area contributed by atoms with E-state index in [1.165, 1.54) is 16.7 Å². The number of halogens is 3. The molecule has 2 heterocycles. The van der Waals surface area contributed by atoms with E-state index in [-0.39, 0.29) is 18.5 Å². The van der Waals surface area contributed by atoms with Crippen LogP contribution in [0.5, 0.6) is 5.75 Å². The fourth-order valence-electron chi connectivity index (χ4n) is 4.01. The molecule has 0 bridgehead atoms. The van der Waals surface area contributed by atoms with Crippen molar-refractivity contribution in [1.82, 2.24) is 4.57 Å². The predicted molar refractivity (Wildman–Crippen MR) is 109 cm³/mol. The van der Waals surface area contributed by atoms with Crippen molar-refractivity contribution >= 4 is 22.6 Å². The van der Waals surface area contributed by atoms with Crippen molar-refractivity contribution in [1.29, 1.82) is 0 Å². The Bertz CT molecular complexity index is 1230. The van der Waals surface area contributed by atoms with Gasteiger partial charge in [0, 0.05) is 19.0 Å². The summed E-state index contributed by atoms with van der Waals surface area (Å²) in [6.45, 7) is 1.88. The Balaban J connectivity index is 2.00. The topological polar surface area (TPSA) is 71.8 Å². The lowest BCUT2D eigenvalue weighted by Crippen LogP contribution is -2.40. The van der Waals surface area contributed by atoms with Crippen molar-refractivity contribution in [3.05, 3.63) is 69.5 Å². The molecule has 31 heavy (non-hydrogen) atoms. The Morgan fingerprint density at radius 2 is 1.87 bits per heavy atom. The molecule has 0 saturated heterocycles. The summed E-state index contributed by atoms with van der Waals surface area (Å²) in [5, 5.41) is 11.0. The molecule has 6 nitrogen and oxygen atoms in total. The van der Waals surface area contributed by atoms with E-state index in [0.29, 0.717) is 16.8 Å². The normalized spacial score (nSPS) is 15.9. The number of benzene rings is 2. The highest BCUT2D eigenvalue weighted by molar-refractivity contribution is 6.03. The average Bonchev–Trinajstić information content (AvgIpc) is 2.72. The van der Waals surface area contributed by atoms with E-state index in [1.54, 1.807) is 32.2 Å². The second kappa shape index (κ2) is 7.33. The summed E-state index contributed by atoms with van der Waals surface area (Å²) in [7, 11) is 1.79. The Kier molecular flexibility index (Phi) is 4.91. The molecule has 0 spiro atoms. The molecule has 162 valence electrons. The molecule has 4 rings (SSSR count). The van der Waals surface area contributed by atoms with Crippen LogP contribution in [0.15, 0.2) is 47.3 Å². The number of nitrogens with zero attached hydrogens (tertiary/aromatic N) is 2. The standard InChI is InChI=1S/C22H19F3N2O4/c1-3-31-21(30)17-19(28)14-5-4-6-15-18(14)27(20(17)29)16(11-26(15)2)12-7-9-13(10-8-12)22(23,24)25/h4-10,16,28H,3,11H2,1-2H3. The number of carbonyl (C=O) groups is 1. The average molecular weight is 432 g/mol. The third-order valence-corrected chi connectivity index (χ3v) is 5.45. The van der Waals surface area contributed by atoms with E-state index in [2.05, 4.69) is 0 Å². The first kappa shape index (κ1) is 20.8. The monoisotopic (exact) mass is 432 g/mol. The van der Waals surface area contributed by atoms with E-state index in [1.807, 2.05) is 4.90 Å². The lowest BCUT2D eigenvalue weighted by atomic mass is 9.98. The number of aromatic hydroxyl groups is 1. The van der Waals surface area contributed by atoms with Gasteiger partial charge in [0.2, 0.25) is 0 Å². The molecule has 9 heteroatoms. The van der Waals surface area contributed by atoms with Gasteiger partial charge in [-0.05, 0) is 36.8 Å². The maximum absolute atomic E-state index is 13.4. The molecule has 1 unspecified atom stereocenters. The fourth-order valence-corrected chi connectivity index (χ4v) is 4.01. The molecule has 1 atom stereocenters. The van der Waals surface area contributed by atoms with Gasteiger partial charge in [0.25, 0.3) is 5.56 Å². The molecular formula is C22H19F3N2O4. The van der Waals surface area contributed by atoms with Gasteiger partial charge >= 0.3 is 12.1 Å². The van der Waals surface area contributed by atoms with Crippen LogP contribution >= 0.6 is 0 Å². The molecule has 0 fully saturated rings. The summed E-state index contributed by atoms with van der Waals surface area (Å²) in [5.74, 6) is -1.43. The van der Waals surface area contributed by atoms with Crippen molar-refractivity contribution in [2.45, 2.75) is 19.1 Å². The second-order valence-electron chi connectivity index (χ2n) is 7.31. The highest BCUT2D eigenvalue weighted by atomic mass is 19.4. The second-order valence-corrected chi connectivity index (χ2v) is 7.31. The van der Waals surface area contributed by atoms with Crippen LogP contribution in [-0.2, 0) is 10.9 Å². The molecule has 2 aromatic carbocycles. The lowest BCUT2D eigenvalue weighted by Gasteiger charge is -2.35. The summed E-state index contributed by atoms with van der Waals surface area (Å²) < 4.78 is 45.3. The number of hydrogen-bond donors (Lipinski definition) is 1. The maximum atomic E-state index is 13.4. The molecule has 0 amide bonds. The summed E-state index contributed by atoms with van der Waals surface area (Å²) >= 11 is 0. The maximum Gasteiger partial charge on any atom is 0.416 e. The minimum absolute atomic E-state index is 0.0147. The number of alkyl halides is 3. The van der Waals surface area contributed by atoms with Crippen molar-refractivity contribution in [2.24, 2.45) is 0 Å². The van der Waals surface area contributed by atoms with Crippen molar-refractivity contribution in [2.75, 3.05) is 25.1 Å². The van der Waals surface area contributed by atoms with Crippen LogP contribution in [0.4, 0.5) is 18.9 Å². The summed E-state index contributed by atoms with van der Waals surface area (Å²) in [6, 6.07) is 8.94. The molecule has 3 aromatic rings. The van der Waals surface area contributed by atoms with E-state index in [0.717, 1.165) is 12.1 Å². The molecular weight excluding hydrogens is 413 g/mol. The third-order valence-electron chi connectivity index (χ3n) is 5.45. The van der Waals surface area contributed by atoms with Gasteiger partial charge in [0.05, 0.1) is 29.4 Å². The van der Waals surface area contributed by atoms with Gasteiger partial charge in [0.1, 0.15) is 5.75 Å². The number of para-hydroxylation sites is 1. The smallest absolute Gasteiger partial charge is 0.416 e. The van der Waals surface area contributed by atoms with Gasteiger partial charge in [-0.15, -0.1) is 0 Å². The first-order valence-electron chi connectivity index (χ1n) is 9.60. The number of carbonyl (C=O) groups excluding carboxylic acids is 1. The minimum Gasteiger partial charge on any atom is -0.506 e. The number of esters is 1. The zero-order valence-corrected chi connectivity index (χ0v) is 16.7. The van der Waals surface area contributed by atoms with E-state index in [9.17, 15) is 27.9 Å². The van der Waals surface area contributed by atoms with Gasteiger partial charge in [-0.25, -0.2) is 4.79 Å². The minimum atomic E-state index is -4.48. The zero-order chi connectivity index (χ0) is 22.5. The number of anilines is 1. The Morgan fingerprint density at radius 3 is 2.48 bits per heavy atom. The molecule has 1 aliphatic rings. The molecule has 0 saturated carbocycles. The highest BCUT2D eigenvalue weighted by Crippen LogP contribution is 2.39. The van der Waals surface area contributed by atoms with E-state index in [4.69, 9.17) is 4.74 Å². The van der Waals surface area contributed by atoms with Crippen LogP contribution in [0.3, 0.4) is 0 Å². The number of ether oxygens (including phenoxy) is 1. The van der Waals surface area contributed by atoms with Gasteiger partial charge in [-0.2, -0.15) is 13.2 Å². The molecule has 0 aliphatic carbocycles. The molecule has 1 aliphatic heterocycles. The first-order chi connectivity index (χ1) is 14.6. The summed E-state index contributed by atoms with van der Waals surface area (Å²) in [5.41, 5.74) is -0.517. The number of likely N-dealkylation sites (N-methyl/N-ethyl adjacent to an activating group) is 1. The number of hydrogen-bond acceptors (Lipinski definition) is 5. The van der Waals surface area contributed by atoms with Crippen molar-refractivity contribution in [3.63, 3.8) is 0 Å². The quantitative estimate of drug-likeness (QED) is 0.635. The number of pyridine rings is 1. The van der Waals surface area contributed by atoms with Crippen molar-refractivity contribution in [3.8, 4) is 5.75 Å². The van der Waals surface area contributed by atoms with Crippen LogP contribution in [0.25, 0.3) is 10.9 Å². The zero-order valence-electron chi connectivity index (χ0n) is 16.7. The van der Waals surface area contributed by atoms with Gasteiger partial charge < -0.3 is 14.7 Å². The third kappa shape index (κ3) is 3.30. The van der Waals surface area contributed by atoms with Gasteiger partial charge in [0.15, 0.2) is 5.56 Å². The molecule has 1 N–H and O–H groups in total. The summed E-state index contributed by atoms with van der Waals surface area (Å²) in [4.78, 5) is 27.6. The van der Waals surface area contributed by atoms with Crippen LogP contribution in [0, 0.1) is 0 Å². The van der Waals surface area contributed by atoms with E-state index < -0.39 is 40.6 Å². The van der Waals surface area contributed by atoms with Crippen LogP contribution < -0.4 is 10.5 Å². The molecule has 1 aromatic heterocycles. The Labute approximate surface area is 175 Å². The van der Waals surface area contributed by atoms with Crippen LogP contribution in [0.1, 0.15) is 34.5 Å². The number of aromatic nitrogens is 1. The lowest BCUT2D eigenvalue weighted by molar-refractivity contribution is -0.137. The fraction of sp³-hybridized carbons (Fsp3) is 0.273. The van der Waals surface area contributed by atoms with Crippen LogP contribution in [0.2, 0.25) is 0 Å². The predicted octanol–water partition coefficient (Wildman–Crippen LogP) is 3.94. The van der Waals surface area contributed by atoms with Crippen molar-refractivity contribution < 1.29 is 27.8 Å². The summed E-state index contributed by atoms with van der Waals surface area (Å²) in [6.07, 6.45) is -4.48. The SMILES string of the molecule is CCOC(=O)c1c(O)c2cccc3c2n(c1=O)C(c1ccc(C(F)(F)F)cc1)CN3C. The Morgan fingerprint density at radius 1 is 1.19 bits per heavy atom. The number of rotatable bonds is 3.